The summed E-state index contributed by atoms with van der Waals surface area (Å²) in [6, 6.07) is 6.91. The van der Waals surface area contributed by atoms with E-state index in [1.54, 1.807) is 30.5 Å². The van der Waals surface area contributed by atoms with E-state index in [0.717, 1.165) is 12.8 Å². The van der Waals surface area contributed by atoms with Crippen LogP contribution in [0.15, 0.2) is 30.5 Å². The van der Waals surface area contributed by atoms with Crippen molar-refractivity contribution in [3.05, 3.63) is 40.6 Å². The predicted octanol–water partition coefficient (Wildman–Crippen LogP) is 2.29. The number of hydrogen-bond donors (Lipinski definition) is 2. The number of nitrogens with zero attached hydrogens (tertiary/aromatic N) is 2. The topological polar surface area (TPSA) is 94.1 Å². The smallest absolute Gasteiger partial charge is 0.301 e. The summed E-state index contributed by atoms with van der Waals surface area (Å²) in [4.78, 5) is 15.0. The molecule has 100 valence electrons. The summed E-state index contributed by atoms with van der Waals surface area (Å²) < 4.78 is 0. The van der Waals surface area contributed by atoms with Crippen LogP contribution < -0.4 is 11.1 Å². The lowest BCUT2D eigenvalue weighted by Gasteiger charge is -2.08. The lowest BCUT2D eigenvalue weighted by atomic mass is 10.1. The minimum absolute atomic E-state index is 0.0818. The maximum Gasteiger partial charge on any atom is 0.301 e. The van der Waals surface area contributed by atoms with E-state index in [-0.39, 0.29) is 10.6 Å². The molecule has 0 saturated heterocycles. The molecule has 0 aliphatic carbocycles. The number of anilines is 1. The number of benzene rings is 1. The number of nitrogens with two attached hydrogens (primary N) is 1. The fourth-order valence-electron chi connectivity index (χ4n) is 1.97. The zero-order valence-corrected chi connectivity index (χ0v) is 10.5. The van der Waals surface area contributed by atoms with E-state index in [4.69, 9.17) is 5.73 Å². The van der Waals surface area contributed by atoms with E-state index < -0.39 is 0 Å². The van der Waals surface area contributed by atoms with Crippen molar-refractivity contribution in [1.82, 2.24) is 4.98 Å². The largest absolute Gasteiger partial charge is 0.379 e. The van der Waals surface area contributed by atoms with Gasteiger partial charge in [0, 0.05) is 12.7 Å². The Morgan fingerprint density at radius 3 is 2.89 bits per heavy atom. The van der Waals surface area contributed by atoms with Crippen LogP contribution in [-0.2, 0) is 0 Å². The molecule has 2 rings (SSSR count). The molecule has 0 atom stereocenters. The van der Waals surface area contributed by atoms with Gasteiger partial charge in [0.1, 0.15) is 5.69 Å². The molecular weight excluding hydrogens is 244 g/mol. The van der Waals surface area contributed by atoms with Gasteiger partial charge in [-0.05, 0) is 43.7 Å². The van der Waals surface area contributed by atoms with Gasteiger partial charge < -0.3 is 11.1 Å². The zero-order chi connectivity index (χ0) is 13.7. The molecule has 1 heterocycles. The number of unbranched alkanes of at least 4 members (excludes halogenated alkanes) is 1. The standard InChI is InChI=1S/C13H16N4O2/c14-7-1-2-8-16-12-6-5-11-10(4-3-9-15-11)13(12)17(18)19/h3-6,9,16H,1-2,7-8,14H2. The van der Waals surface area contributed by atoms with Crippen LogP contribution in [0.5, 0.6) is 0 Å². The number of nitrogens with one attached hydrogen (secondary N) is 1. The highest BCUT2D eigenvalue weighted by atomic mass is 16.6. The number of nitro groups is 1. The minimum Gasteiger partial charge on any atom is -0.379 e. The highest BCUT2D eigenvalue weighted by Crippen LogP contribution is 2.32. The molecule has 1 aromatic carbocycles. The molecule has 1 aromatic heterocycles. The first-order chi connectivity index (χ1) is 9.24. The molecule has 0 bridgehead atoms. The molecule has 19 heavy (non-hydrogen) atoms. The quantitative estimate of drug-likeness (QED) is 0.472. The minimum atomic E-state index is -0.366. The Bertz CT molecular complexity index is 586. The lowest BCUT2D eigenvalue weighted by Crippen LogP contribution is -2.07. The summed E-state index contributed by atoms with van der Waals surface area (Å²) >= 11 is 0. The lowest BCUT2D eigenvalue weighted by molar-refractivity contribution is -0.382. The normalized spacial score (nSPS) is 10.6. The van der Waals surface area contributed by atoms with Gasteiger partial charge in [0.15, 0.2) is 0 Å². The van der Waals surface area contributed by atoms with Crippen molar-refractivity contribution in [3.8, 4) is 0 Å². The first kappa shape index (κ1) is 13.2. The van der Waals surface area contributed by atoms with Crippen molar-refractivity contribution in [2.75, 3.05) is 18.4 Å². The molecule has 0 fully saturated rings. The van der Waals surface area contributed by atoms with Crippen molar-refractivity contribution in [2.45, 2.75) is 12.8 Å². The maximum absolute atomic E-state index is 11.2. The Kier molecular flexibility index (Phi) is 4.25. The van der Waals surface area contributed by atoms with Crippen LogP contribution in [0.4, 0.5) is 11.4 Å². The Morgan fingerprint density at radius 2 is 2.16 bits per heavy atom. The van der Waals surface area contributed by atoms with Gasteiger partial charge in [0.2, 0.25) is 0 Å². The average Bonchev–Trinajstić information content (AvgIpc) is 2.42. The molecule has 0 aliphatic heterocycles. The predicted molar refractivity (Wildman–Crippen MR) is 75.2 cm³/mol. The van der Waals surface area contributed by atoms with Crippen LogP contribution in [0, 0.1) is 10.1 Å². The van der Waals surface area contributed by atoms with Gasteiger partial charge in [0.25, 0.3) is 0 Å². The first-order valence-corrected chi connectivity index (χ1v) is 6.20. The van der Waals surface area contributed by atoms with Crippen LogP contribution in [0.1, 0.15) is 12.8 Å². The van der Waals surface area contributed by atoms with Crippen LogP contribution in [0.3, 0.4) is 0 Å². The van der Waals surface area contributed by atoms with E-state index >= 15 is 0 Å². The maximum atomic E-state index is 11.2. The Labute approximate surface area is 110 Å². The van der Waals surface area contributed by atoms with Crippen LogP contribution in [0.2, 0.25) is 0 Å². The second kappa shape index (κ2) is 6.10. The van der Waals surface area contributed by atoms with E-state index in [1.165, 1.54) is 0 Å². The summed E-state index contributed by atoms with van der Waals surface area (Å²) in [5.41, 5.74) is 6.65. The number of pyridine rings is 1. The first-order valence-electron chi connectivity index (χ1n) is 6.20. The Hall–Kier alpha value is -2.21. The molecular formula is C13H16N4O2. The zero-order valence-electron chi connectivity index (χ0n) is 10.5. The monoisotopic (exact) mass is 260 g/mol. The summed E-state index contributed by atoms with van der Waals surface area (Å²) in [7, 11) is 0. The van der Waals surface area contributed by atoms with E-state index in [2.05, 4.69) is 10.3 Å². The van der Waals surface area contributed by atoms with Crippen molar-refractivity contribution >= 4 is 22.3 Å². The third kappa shape index (κ3) is 2.97. The summed E-state index contributed by atoms with van der Waals surface area (Å²) in [6.45, 7) is 1.30. The SMILES string of the molecule is NCCCCNc1ccc2ncccc2c1[N+](=O)[O-]. The van der Waals surface area contributed by atoms with Gasteiger partial charge in [0.05, 0.1) is 15.8 Å². The number of rotatable bonds is 6. The van der Waals surface area contributed by atoms with Crippen molar-refractivity contribution < 1.29 is 4.92 Å². The van der Waals surface area contributed by atoms with E-state index in [1.807, 2.05) is 0 Å². The number of hydrogen-bond acceptors (Lipinski definition) is 5. The fraction of sp³-hybridized carbons (Fsp3) is 0.308. The summed E-state index contributed by atoms with van der Waals surface area (Å²) in [5.74, 6) is 0. The molecule has 0 radical (unpaired) electrons. The van der Waals surface area contributed by atoms with Crippen molar-refractivity contribution in [1.29, 1.82) is 0 Å². The van der Waals surface area contributed by atoms with Crippen molar-refractivity contribution in [3.63, 3.8) is 0 Å². The molecule has 0 aliphatic rings. The molecule has 0 spiro atoms. The van der Waals surface area contributed by atoms with Crippen LogP contribution in [-0.4, -0.2) is 23.0 Å². The Morgan fingerprint density at radius 1 is 1.32 bits per heavy atom. The van der Waals surface area contributed by atoms with Gasteiger partial charge in [-0.25, -0.2) is 0 Å². The van der Waals surface area contributed by atoms with Crippen molar-refractivity contribution in [2.24, 2.45) is 5.73 Å². The van der Waals surface area contributed by atoms with E-state index in [0.29, 0.717) is 29.7 Å². The van der Waals surface area contributed by atoms with Gasteiger partial charge in [-0.1, -0.05) is 0 Å². The molecule has 0 amide bonds. The molecule has 2 aromatic rings. The number of nitro benzene ring substituents is 1. The van der Waals surface area contributed by atoms with Gasteiger partial charge >= 0.3 is 5.69 Å². The molecule has 0 saturated carbocycles. The van der Waals surface area contributed by atoms with Crippen LogP contribution in [0.25, 0.3) is 10.9 Å². The van der Waals surface area contributed by atoms with Crippen LogP contribution >= 0.6 is 0 Å². The van der Waals surface area contributed by atoms with Gasteiger partial charge in [-0.15, -0.1) is 0 Å². The number of aromatic nitrogens is 1. The van der Waals surface area contributed by atoms with Gasteiger partial charge in [-0.2, -0.15) is 0 Å². The third-order valence-corrected chi connectivity index (χ3v) is 2.89. The summed E-state index contributed by atoms with van der Waals surface area (Å²) in [5, 5.41) is 14.9. The average molecular weight is 260 g/mol. The molecule has 6 heteroatoms. The van der Waals surface area contributed by atoms with E-state index in [9.17, 15) is 10.1 Å². The second-order valence-electron chi connectivity index (χ2n) is 4.21. The number of fused-ring (bicyclic) bond motifs is 1. The second-order valence-corrected chi connectivity index (χ2v) is 4.21. The highest BCUT2D eigenvalue weighted by Gasteiger charge is 2.18. The molecule has 0 unspecified atom stereocenters. The Balaban J connectivity index is 2.32. The highest BCUT2D eigenvalue weighted by molar-refractivity contribution is 5.94. The molecule has 6 nitrogen and oxygen atoms in total. The van der Waals surface area contributed by atoms with Gasteiger partial charge in [-0.3, -0.25) is 15.1 Å². The fourth-order valence-corrected chi connectivity index (χ4v) is 1.97. The summed E-state index contributed by atoms with van der Waals surface area (Å²) in [6.07, 6.45) is 3.41. The molecule has 3 N–H and O–H groups in total. The third-order valence-electron chi connectivity index (χ3n) is 2.89.